The quantitative estimate of drug-likeness (QED) is 0.622. The van der Waals surface area contributed by atoms with Crippen LogP contribution in [0, 0.1) is 5.92 Å². The number of nitrogens with zero attached hydrogens (tertiary/aromatic N) is 1. The van der Waals surface area contributed by atoms with Crippen molar-refractivity contribution >= 4 is 22.8 Å². The van der Waals surface area contributed by atoms with Crippen molar-refractivity contribution in [3.8, 4) is 0 Å². The molecule has 0 aromatic heterocycles. The zero-order chi connectivity index (χ0) is 9.26. The Hall–Kier alpha value is -0.550. The van der Waals surface area contributed by atoms with Crippen molar-refractivity contribution in [3.05, 3.63) is 0 Å². The van der Waals surface area contributed by atoms with Crippen molar-refractivity contribution in [1.82, 2.24) is 5.32 Å². The summed E-state index contributed by atoms with van der Waals surface area (Å²) in [4.78, 5) is 15.8. The number of carbonyl (C=O) groups is 1. The number of amides is 1. The molecule has 0 radical (unpaired) electrons. The van der Waals surface area contributed by atoms with Crippen LogP contribution in [0.5, 0.6) is 0 Å². The summed E-state index contributed by atoms with van der Waals surface area (Å²) in [7, 11) is 0. The third-order valence-corrected chi connectivity index (χ3v) is 2.89. The number of carbonyl (C=O) groups excluding carboxylic acids is 1. The monoisotopic (exact) mass is 200 g/mol. The number of rotatable bonds is 0. The minimum Gasteiger partial charge on any atom is -0.356 e. The average molecular weight is 200 g/mol. The van der Waals surface area contributed by atoms with Gasteiger partial charge in [0.25, 0.3) is 0 Å². The molecule has 13 heavy (non-hydrogen) atoms. The van der Waals surface area contributed by atoms with E-state index in [1.54, 1.807) is 0 Å². The van der Waals surface area contributed by atoms with E-state index in [-0.39, 0.29) is 18.1 Å². The van der Waals surface area contributed by atoms with Crippen molar-refractivity contribution in [2.24, 2.45) is 10.9 Å². The van der Waals surface area contributed by atoms with Crippen LogP contribution in [0.1, 0.15) is 12.8 Å². The van der Waals surface area contributed by atoms with Crippen molar-refractivity contribution in [2.75, 3.05) is 12.9 Å². The van der Waals surface area contributed by atoms with Gasteiger partial charge in [-0.2, -0.15) is 0 Å². The van der Waals surface area contributed by atoms with Crippen LogP contribution >= 0.6 is 11.8 Å². The van der Waals surface area contributed by atoms with Crippen LogP contribution in [0.3, 0.4) is 0 Å². The average Bonchev–Trinajstić information content (AvgIpc) is 2.18. The van der Waals surface area contributed by atoms with Gasteiger partial charge in [0, 0.05) is 6.61 Å². The summed E-state index contributed by atoms with van der Waals surface area (Å²) < 4.78 is 5.42. The molecule has 0 aromatic rings. The third kappa shape index (κ3) is 1.71. The van der Waals surface area contributed by atoms with E-state index in [4.69, 9.17) is 4.74 Å². The van der Waals surface area contributed by atoms with E-state index in [9.17, 15) is 4.79 Å². The number of fused-ring (bicyclic) bond motifs is 1. The van der Waals surface area contributed by atoms with Gasteiger partial charge in [-0.25, -0.2) is 4.99 Å². The SMILES string of the molecule is CSC1=NC2OCCCC2C(=O)N1. The van der Waals surface area contributed by atoms with Crippen molar-refractivity contribution in [3.63, 3.8) is 0 Å². The number of ether oxygens (including phenoxy) is 1. The van der Waals surface area contributed by atoms with Gasteiger partial charge >= 0.3 is 0 Å². The second-order valence-electron chi connectivity index (χ2n) is 3.14. The van der Waals surface area contributed by atoms with Crippen molar-refractivity contribution in [2.45, 2.75) is 19.1 Å². The lowest BCUT2D eigenvalue weighted by Crippen LogP contribution is -2.47. The summed E-state index contributed by atoms with van der Waals surface area (Å²) in [5.41, 5.74) is 0. The molecule has 2 rings (SSSR count). The summed E-state index contributed by atoms with van der Waals surface area (Å²) in [6.07, 6.45) is 3.51. The van der Waals surface area contributed by atoms with E-state index in [2.05, 4.69) is 10.3 Å². The Kier molecular flexibility index (Phi) is 2.55. The maximum atomic E-state index is 11.5. The molecule has 5 heteroatoms. The Morgan fingerprint density at radius 1 is 1.69 bits per heavy atom. The fourth-order valence-corrected chi connectivity index (χ4v) is 2.02. The molecule has 1 amide bonds. The second-order valence-corrected chi connectivity index (χ2v) is 3.93. The smallest absolute Gasteiger partial charge is 0.233 e. The van der Waals surface area contributed by atoms with Gasteiger partial charge in [0.05, 0.1) is 5.92 Å². The molecule has 4 nitrogen and oxygen atoms in total. The van der Waals surface area contributed by atoms with E-state index in [1.165, 1.54) is 11.8 Å². The molecular formula is C8H12N2O2S. The molecule has 0 bridgehead atoms. The molecule has 1 N–H and O–H groups in total. The van der Waals surface area contributed by atoms with E-state index in [0.29, 0.717) is 5.17 Å². The molecule has 72 valence electrons. The Labute approximate surface area is 81.1 Å². The van der Waals surface area contributed by atoms with Crippen LogP contribution in [-0.4, -0.2) is 30.2 Å². The van der Waals surface area contributed by atoms with E-state index < -0.39 is 0 Å². The highest BCUT2D eigenvalue weighted by Gasteiger charge is 2.35. The molecule has 0 spiro atoms. The first kappa shape index (κ1) is 9.02. The minimum atomic E-state index is -0.232. The van der Waals surface area contributed by atoms with Crippen molar-refractivity contribution < 1.29 is 9.53 Å². The maximum absolute atomic E-state index is 11.5. The standard InChI is InChI=1S/C8H12N2O2S/c1-13-8-9-6(11)5-3-2-4-12-7(5)10-8/h5,7H,2-4H2,1H3,(H,9,10,11). The van der Waals surface area contributed by atoms with Crippen LogP contribution in [-0.2, 0) is 9.53 Å². The summed E-state index contributed by atoms with van der Waals surface area (Å²) >= 11 is 1.44. The third-order valence-electron chi connectivity index (χ3n) is 2.30. The lowest BCUT2D eigenvalue weighted by atomic mass is 9.97. The molecule has 0 saturated carbocycles. The van der Waals surface area contributed by atoms with E-state index in [0.717, 1.165) is 19.4 Å². The summed E-state index contributed by atoms with van der Waals surface area (Å²) in [5, 5.41) is 3.43. The fraction of sp³-hybridized carbons (Fsp3) is 0.750. The highest BCUT2D eigenvalue weighted by atomic mass is 32.2. The van der Waals surface area contributed by atoms with Crippen LogP contribution in [0.15, 0.2) is 4.99 Å². The zero-order valence-electron chi connectivity index (χ0n) is 7.45. The number of thioether (sulfide) groups is 1. The largest absolute Gasteiger partial charge is 0.356 e. The summed E-state index contributed by atoms with van der Waals surface area (Å²) in [6, 6.07) is 0. The first-order chi connectivity index (χ1) is 6.31. The predicted molar refractivity (Wildman–Crippen MR) is 51.6 cm³/mol. The number of aliphatic imine (C=N–C) groups is 1. The molecule has 1 fully saturated rings. The van der Waals surface area contributed by atoms with Crippen molar-refractivity contribution in [1.29, 1.82) is 0 Å². The van der Waals surface area contributed by atoms with Gasteiger partial charge in [-0.1, -0.05) is 11.8 Å². The van der Waals surface area contributed by atoms with Gasteiger partial charge in [0.15, 0.2) is 11.4 Å². The number of amidine groups is 1. The second kappa shape index (κ2) is 3.67. The first-order valence-corrected chi connectivity index (χ1v) is 5.58. The van der Waals surface area contributed by atoms with Crippen LogP contribution in [0.4, 0.5) is 0 Å². The van der Waals surface area contributed by atoms with Gasteiger partial charge in [-0.3, -0.25) is 4.79 Å². The molecule has 0 aromatic carbocycles. The lowest BCUT2D eigenvalue weighted by Gasteiger charge is -2.31. The Morgan fingerprint density at radius 3 is 3.31 bits per heavy atom. The van der Waals surface area contributed by atoms with Gasteiger partial charge < -0.3 is 10.1 Å². The molecule has 2 atom stereocenters. The first-order valence-electron chi connectivity index (χ1n) is 4.35. The van der Waals surface area contributed by atoms with Gasteiger partial charge in [0.1, 0.15) is 0 Å². The maximum Gasteiger partial charge on any atom is 0.233 e. The lowest BCUT2D eigenvalue weighted by molar-refractivity contribution is -0.133. The topological polar surface area (TPSA) is 50.7 Å². The Bertz CT molecular complexity index is 255. The van der Waals surface area contributed by atoms with Gasteiger partial charge in [-0.15, -0.1) is 0 Å². The molecule has 0 aliphatic carbocycles. The number of hydrogen-bond donors (Lipinski definition) is 1. The molecule has 2 aliphatic rings. The molecule has 2 unspecified atom stereocenters. The zero-order valence-corrected chi connectivity index (χ0v) is 8.26. The normalized spacial score (nSPS) is 33.3. The summed E-state index contributed by atoms with van der Waals surface area (Å²) in [5.74, 6) is -0.00583. The highest BCUT2D eigenvalue weighted by molar-refractivity contribution is 8.13. The van der Waals surface area contributed by atoms with Crippen LogP contribution in [0.25, 0.3) is 0 Å². The molecule has 1 saturated heterocycles. The molecule has 2 aliphatic heterocycles. The molecular weight excluding hydrogens is 188 g/mol. The molecule has 2 heterocycles. The number of hydrogen-bond acceptors (Lipinski definition) is 4. The Morgan fingerprint density at radius 2 is 2.54 bits per heavy atom. The minimum absolute atomic E-state index is 0.0593. The summed E-state index contributed by atoms with van der Waals surface area (Å²) in [6.45, 7) is 0.722. The van der Waals surface area contributed by atoms with Gasteiger partial charge in [0.2, 0.25) is 5.91 Å². The van der Waals surface area contributed by atoms with E-state index >= 15 is 0 Å². The highest BCUT2D eigenvalue weighted by Crippen LogP contribution is 2.25. The van der Waals surface area contributed by atoms with Gasteiger partial charge in [-0.05, 0) is 19.1 Å². The van der Waals surface area contributed by atoms with Crippen LogP contribution < -0.4 is 5.32 Å². The number of nitrogens with one attached hydrogen (secondary N) is 1. The Balaban J connectivity index is 2.17. The van der Waals surface area contributed by atoms with Crippen LogP contribution in [0.2, 0.25) is 0 Å². The predicted octanol–water partition coefficient (Wildman–Crippen LogP) is 0.588. The fourth-order valence-electron chi connectivity index (χ4n) is 1.60. The van der Waals surface area contributed by atoms with E-state index in [1.807, 2.05) is 6.26 Å².